The predicted molar refractivity (Wildman–Crippen MR) is 66.5 cm³/mol. The largest absolute Gasteiger partial charge is 0.394 e. The van der Waals surface area contributed by atoms with E-state index in [-0.39, 0.29) is 16.9 Å². The highest BCUT2D eigenvalue weighted by Crippen LogP contribution is 2.32. The molecule has 1 aromatic heterocycles. The van der Waals surface area contributed by atoms with Crippen molar-refractivity contribution in [3.05, 3.63) is 12.4 Å². The van der Waals surface area contributed by atoms with E-state index in [0.717, 1.165) is 6.42 Å². The summed E-state index contributed by atoms with van der Waals surface area (Å²) in [7, 11) is -3.44. The van der Waals surface area contributed by atoms with Crippen LogP contribution in [0.3, 0.4) is 0 Å². The summed E-state index contributed by atoms with van der Waals surface area (Å²) in [6, 6.07) is 0. The molecule has 0 amide bonds. The predicted octanol–water partition coefficient (Wildman–Crippen LogP) is 0.296. The quantitative estimate of drug-likeness (QED) is 0.856. The molecule has 0 radical (unpaired) electrons. The summed E-state index contributed by atoms with van der Waals surface area (Å²) in [6.07, 6.45) is 3.68. The van der Waals surface area contributed by atoms with Crippen molar-refractivity contribution in [3.63, 3.8) is 0 Å². The number of rotatable bonds is 4. The van der Waals surface area contributed by atoms with Crippen LogP contribution in [-0.2, 0) is 16.6 Å². The third-order valence-electron chi connectivity index (χ3n) is 3.22. The van der Waals surface area contributed by atoms with E-state index in [2.05, 4.69) is 18.9 Å². The highest BCUT2D eigenvalue weighted by atomic mass is 32.2. The van der Waals surface area contributed by atoms with Gasteiger partial charge in [-0.2, -0.15) is 9.40 Å². The Morgan fingerprint density at radius 1 is 1.50 bits per heavy atom. The van der Waals surface area contributed by atoms with Gasteiger partial charge >= 0.3 is 0 Å². The second-order valence-corrected chi connectivity index (χ2v) is 7.35. The number of hydrogen-bond donors (Lipinski definition) is 1. The van der Waals surface area contributed by atoms with Gasteiger partial charge in [0.15, 0.2) is 0 Å². The zero-order valence-electron chi connectivity index (χ0n) is 10.7. The monoisotopic (exact) mass is 273 g/mol. The van der Waals surface area contributed by atoms with Crippen molar-refractivity contribution in [1.82, 2.24) is 14.1 Å². The van der Waals surface area contributed by atoms with Gasteiger partial charge in [-0.05, 0) is 11.8 Å². The maximum absolute atomic E-state index is 12.3. The maximum atomic E-state index is 12.3. The molecule has 0 unspecified atom stereocenters. The minimum Gasteiger partial charge on any atom is -0.394 e. The van der Waals surface area contributed by atoms with Crippen molar-refractivity contribution in [2.24, 2.45) is 5.41 Å². The van der Waals surface area contributed by atoms with Gasteiger partial charge in [0.05, 0.1) is 19.3 Å². The van der Waals surface area contributed by atoms with Crippen LogP contribution >= 0.6 is 0 Å². The molecular formula is C11H19N3O3S. The first-order valence-electron chi connectivity index (χ1n) is 5.99. The van der Waals surface area contributed by atoms with Gasteiger partial charge in [-0.3, -0.25) is 4.68 Å². The van der Waals surface area contributed by atoms with E-state index in [1.807, 2.05) is 0 Å². The van der Waals surface area contributed by atoms with E-state index in [1.54, 1.807) is 0 Å². The van der Waals surface area contributed by atoms with Crippen LogP contribution < -0.4 is 0 Å². The lowest BCUT2D eigenvalue weighted by Crippen LogP contribution is -2.30. The molecule has 1 aliphatic rings. The van der Waals surface area contributed by atoms with Crippen LogP contribution in [0.1, 0.15) is 20.3 Å². The molecule has 0 bridgehead atoms. The lowest BCUT2D eigenvalue weighted by molar-refractivity contribution is 0.269. The van der Waals surface area contributed by atoms with Gasteiger partial charge < -0.3 is 5.11 Å². The molecular weight excluding hydrogens is 254 g/mol. The molecule has 1 fully saturated rings. The number of hydrogen-bond acceptors (Lipinski definition) is 4. The molecule has 1 aliphatic heterocycles. The molecule has 2 heterocycles. The van der Waals surface area contributed by atoms with E-state index < -0.39 is 10.0 Å². The Hall–Kier alpha value is -0.920. The number of sulfonamides is 1. The third-order valence-corrected chi connectivity index (χ3v) is 5.02. The van der Waals surface area contributed by atoms with Crippen LogP contribution in [0.4, 0.5) is 0 Å². The third kappa shape index (κ3) is 2.57. The highest BCUT2D eigenvalue weighted by Gasteiger charge is 2.37. The topological polar surface area (TPSA) is 75.4 Å². The van der Waals surface area contributed by atoms with Crippen molar-refractivity contribution in [1.29, 1.82) is 0 Å². The van der Waals surface area contributed by atoms with Crippen LogP contribution in [0.25, 0.3) is 0 Å². The van der Waals surface area contributed by atoms with E-state index in [4.69, 9.17) is 5.11 Å². The second kappa shape index (κ2) is 4.64. The Morgan fingerprint density at radius 3 is 2.78 bits per heavy atom. The van der Waals surface area contributed by atoms with Gasteiger partial charge in [-0.15, -0.1) is 0 Å². The van der Waals surface area contributed by atoms with Gasteiger partial charge in [0.2, 0.25) is 10.0 Å². The van der Waals surface area contributed by atoms with E-state index in [1.165, 1.54) is 21.4 Å². The number of aromatic nitrogens is 2. The lowest BCUT2D eigenvalue weighted by atomic mass is 9.93. The van der Waals surface area contributed by atoms with Crippen molar-refractivity contribution in [3.8, 4) is 0 Å². The fraction of sp³-hybridized carbons (Fsp3) is 0.727. The summed E-state index contributed by atoms with van der Waals surface area (Å²) >= 11 is 0. The number of nitrogens with zero attached hydrogens (tertiary/aromatic N) is 3. The SMILES string of the molecule is CC1(C)CCN(S(=O)(=O)c2cnn(CCO)c2)C1. The molecule has 7 heteroatoms. The first kappa shape index (κ1) is 13.5. The number of aliphatic hydroxyl groups is 1. The van der Waals surface area contributed by atoms with Crippen LogP contribution in [-0.4, -0.2) is 47.3 Å². The lowest BCUT2D eigenvalue weighted by Gasteiger charge is -2.18. The van der Waals surface area contributed by atoms with Crippen molar-refractivity contribution >= 4 is 10.0 Å². The summed E-state index contributed by atoms with van der Waals surface area (Å²) in [5.41, 5.74) is 0.0359. The molecule has 1 aromatic rings. The molecule has 0 spiro atoms. The first-order valence-corrected chi connectivity index (χ1v) is 7.43. The Labute approximate surface area is 107 Å². The first-order chi connectivity index (χ1) is 8.35. The molecule has 1 N–H and O–H groups in total. The minimum absolute atomic E-state index is 0.0359. The molecule has 0 saturated carbocycles. The van der Waals surface area contributed by atoms with Crippen LogP contribution in [0.15, 0.2) is 17.3 Å². The maximum Gasteiger partial charge on any atom is 0.246 e. The van der Waals surface area contributed by atoms with E-state index in [9.17, 15) is 8.42 Å². The van der Waals surface area contributed by atoms with E-state index in [0.29, 0.717) is 19.6 Å². The Balaban J connectivity index is 2.20. The van der Waals surface area contributed by atoms with E-state index >= 15 is 0 Å². The van der Waals surface area contributed by atoms with Gasteiger partial charge in [-0.25, -0.2) is 8.42 Å². The summed E-state index contributed by atoms with van der Waals surface area (Å²) in [4.78, 5) is 0.202. The Bertz CT molecular complexity index is 521. The minimum atomic E-state index is -3.44. The normalized spacial score (nSPS) is 20.4. The Morgan fingerprint density at radius 2 is 2.22 bits per heavy atom. The zero-order valence-corrected chi connectivity index (χ0v) is 11.5. The van der Waals surface area contributed by atoms with Crippen molar-refractivity contribution in [2.75, 3.05) is 19.7 Å². The van der Waals surface area contributed by atoms with Gasteiger partial charge in [-0.1, -0.05) is 13.8 Å². The van der Waals surface area contributed by atoms with Crippen LogP contribution in [0.5, 0.6) is 0 Å². The molecule has 0 aromatic carbocycles. The molecule has 0 aliphatic carbocycles. The second-order valence-electron chi connectivity index (χ2n) is 5.42. The zero-order chi connectivity index (χ0) is 13.4. The summed E-state index contributed by atoms with van der Waals surface area (Å²) in [5.74, 6) is 0. The van der Waals surface area contributed by atoms with Crippen LogP contribution in [0.2, 0.25) is 0 Å². The molecule has 6 nitrogen and oxygen atoms in total. The fourth-order valence-electron chi connectivity index (χ4n) is 2.12. The van der Waals surface area contributed by atoms with Crippen molar-refractivity contribution < 1.29 is 13.5 Å². The average Bonchev–Trinajstić information content (AvgIpc) is 2.86. The van der Waals surface area contributed by atoms with Gasteiger partial charge in [0.1, 0.15) is 4.90 Å². The van der Waals surface area contributed by atoms with Crippen molar-refractivity contribution in [2.45, 2.75) is 31.7 Å². The van der Waals surface area contributed by atoms with Gasteiger partial charge in [0, 0.05) is 19.3 Å². The molecule has 102 valence electrons. The number of aliphatic hydroxyl groups excluding tert-OH is 1. The van der Waals surface area contributed by atoms with Crippen LogP contribution in [0, 0.1) is 5.41 Å². The molecule has 18 heavy (non-hydrogen) atoms. The molecule has 1 saturated heterocycles. The molecule has 2 rings (SSSR count). The average molecular weight is 273 g/mol. The smallest absolute Gasteiger partial charge is 0.246 e. The fourth-order valence-corrected chi connectivity index (χ4v) is 3.70. The highest BCUT2D eigenvalue weighted by molar-refractivity contribution is 7.89. The Kier molecular flexibility index (Phi) is 3.48. The standard InChI is InChI=1S/C11H19N3O3S/c1-11(2)3-4-14(9-11)18(16,17)10-7-12-13(8-10)5-6-15/h7-8,15H,3-6,9H2,1-2H3. The summed E-state index contributed by atoms with van der Waals surface area (Å²) < 4.78 is 27.6. The molecule has 0 atom stereocenters. The summed E-state index contributed by atoms with van der Waals surface area (Å²) in [5, 5.41) is 12.7. The van der Waals surface area contributed by atoms with Gasteiger partial charge in [0.25, 0.3) is 0 Å². The summed E-state index contributed by atoms with van der Waals surface area (Å²) in [6.45, 7) is 5.48.